The largest absolute Gasteiger partial charge is 0.573 e. The van der Waals surface area contributed by atoms with Crippen molar-refractivity contribution in [3.8, 4) is 17.6 Å². The fraction of sp³-hybridized carbons (Fsp3) is 0.222. The summed E-state index contributed by atoms with van der Waals surface area (Å²) in [6, 6.07) is 6.91. The molecule has 0 bridgehead atoms. The van der Waals surface area contributed by atoms with Crippen LogP contribution in [0.4, 0.5) is 13.2 Å². The molecule has 3 nitrogen and oxygen atoms in total. The number of halogens is 3. The van der Waals surface area contributed by atoms with E-state index in [9.17, 15) is 13.2 Å². The molecule has 6 heteroatoms. The number of hydrogen-bond donors (Lipinski definition) is 0. The molecule has 0 spiro atoms. The maximum atomic E-state index is 11.9. The van der Waals surface area contributed by atoms with Crippen LogP contribution in [-0.4, -0.2) is 13.0 Å². The van der Waals surface area contributed by atoms with Gasteiger partial charge in [0.25, 0.3) is 0 Å². The van der Waals surface area contributed by atoms with Crippen LogP contribution >= 0.6 is 0 Å². The first-order valence-corrected chi connectivity index (χ1v) is 3.87. The van der Waals surface area contributed by atoms with Crippen molar-refractivity contribution in [2.45, 2.75) is 6.36 Å². The van der Waals surface area contributed by atoms with Crippen molar-refractivity contribution in [3.63, 3.8) is 0 Å². The molecule has 80 valence electrons. The van der Waals surface area contributed by atoms with Crippen LogP contribution in [0.15, 0.2) is 24.3 Å². The first kappa shape index (κ1) is 11.2. The van der Waals surface area contributed by atoms with Gasteiger partial charge in [0.05, 0.1) is 0 Å². The van der Waals surface area contributed by atoms with Crippen molar-refractivity contribution in [2.24, 2.45) is 0 Å². The van der Waals surface area contributed by atoms with Crippen LogP contribution in [0.5, 0.6) is 11.5 Å². The van der Waals surface area contributed by atoms with Crippen molar-refractivity contribution < 1.29 is 22.6 Å². The molecule has 0 radical (unpaired) electrons. The average Bonchev–Trinajstić information content (AvgIpc) is 2.14. The second kappa shape index (κ2) is 4.55. The smallest absolute Gasteiger partial charge is 0.475 e. The van der Waals surface area contributed by atoms with E-state index >= 15 is 0 Å². The highest BCUT2D eigenvalue weighted by Crippen LogP contribution is 2.31. The minimum atomic E-state index is -4.77. The first-order valence-electron chi connectivity index (χ1n) is 3.87. The second-order valence-corrected chi connectivity index (χ2v) is 2.44. The van der Waals surface area contributed by atoms with Crippen molar-refractivity contribution in [1.82, 2.24) is 0 Å². The van der Waals surface area contributed by atoms with E-state index in [1.165, 1.54) is 18.2 Å². The van der Waals surface area contributed by atoms with Crippen LogP contribution in [0.3, 0.4) is 0 Å². The van der Waals surface area contributed by atoms with Crippen molar-refractivity contribution in [3.05, 3.63) is 24.3 Å². The Morgan fingerprint density at radius 3 is 2.33 bits per heavy atom. The van der Waals surface area contributed by atoms with Gasteiger partial charge in [0, 0.05) is 0 Å². The third-order valence-corrected chi connectivity index (χ3v) is 1.37. The van der Waals surface area contributed by atoms with Crippen LogP contribution in [-0.2, 0) is 0 Å². The minimum absolute atomic E-state index is 0.114. The normalized spacial score (nSPS) is 10.5. The minimum Gasteiger partial charge on any atom is -0.475 e. The number of nitrogens with zero attached hydrogens (tertiary/aromatic N) is 1. The standard InChI is InChI=1S/C9H6F3NO2/c10-9(11,12)15-8-4-2-1-3-7(8)14-6-5-13/h1-4H,6H2. The van der Waals surface area contributed by atoms with E-state index in [2.05, 4.69) is 4.74 Å². The fourth-order valence-electron chi connectivity index (χ4n) is 0.888. The van der Waals surface area contributed by atoms with E-state index < -0.39 is 12.1 Å². The Labute approximate surface area is 83.6 Å². The molecule has 0 aliphatic rings. The molecule has 1 aromatic carbocycles. The van der Waals surface area contributed by atoms with Crippen LogP contribution in [0.1, 0.15) is 0 Å². The number of alkyl halides is 3. The van der Waals surface area contributed by atoms with E-state index in [1.807, 2.05) is 0 Å². The van der Waals surface area contributed by atoms with Crippen LogP contribution in [0.25, 0.3) is 0 Å². The SMILES string of the molecule is N#CCOc1ccccc1OC(F)(F)F. The lowest BCUT2D eigenvalue weighted by molar-refractivity contribution is -0.275. The predicted molar refractivity (Wildman–Crippen MR) is 44.2 cm³/mol. The molecule has 0 aromatic heterocycles. The molecule has 0 saturated carbocycles. The molecule has 0 N–H and O–H groups in total. The number of nitriles is 1. The molecular weight excluding hydrogens is 211 g/mol. The van der Waals surface area contributed by atoms with Gasteiger partial charge in [-0.3, -0.25) is 0 Å². The van der Waals surface area contributed by atoms with Crippen molar-refractivity contribution in [1.29, 1.82) is 5.26 Å². The summed E-state index contributed by atoms with van der Waals surface area (Å²) >= 11 is 0. The predicted octanol–water partition coefficient (Wildman–Crippen LogP) is 2.49. The first-order chi connectivity index (χ1) is 7.03. The zero-order valence-electron chi connectivity index (χ0n) is 7.41. The third-order valence-electron chi connectivity index (χ3n) is 1.37. The van der Waals surface area contributed by atoms with Gasteiger partial charge in [-0.05, 0) is 12.1 Å². The lowest BCUT2D eigenvalue weighted by atomic mass is 10.3. The van der Waals surface area contributed by atoms with Gasteiger partial charge in [-0.15, -0.1) is 13.2 Å². The van der Waals surface area contributed by atoms with E-state index in [0.717, 1.165) is 6.07 Å². The van der Waals surface area contributed by atoms with E-state index in [1.54, 1.807) is 6.07 Å². The van der Waals surface area contributed by atoms with Gasteiger partial charge in [-0.1, -0.05) is 12.1 Å². The number of benzene rings is 1. The Bertz CT molecular complexity index is 370. The topological polar surface area (TPSA) is 42.2 Å². The summed E-state index contributed by atoms with van der Waals surface area (Å²) in [6.07, 6.45) is -4.77. The Morgan fingerprint density at radius 1 is 1.20 bits per heavy atom. The molecular formula is C9H6F3NO2. The Morgan fingerprint density at radius 2 is 1.80 bits per heavy atom. The number of hydrogen-bond acceptors (Lipinski definition) is 3. The third kappa shape index (κ3) is 3.77. The Balaban J connectivity index is 2.82. The summed E-state index contributed by atoms with van der Waals surface area (Å²) in [6.45, 7) is -0.335. The highest BCUT2D eigenvalue weighted by Gasteiger charge is 2.32. The summed E-state index contributed by atoms with van der Waals surface area (Å²) in [4.78, 5) is 0. The Hall–Kier alpha value is -1.90. The maximum Gasteiger partial charge on any atom is 0.573 e. The summed E-state index contributed by atoms with van der Waals surface area (Å²) in [5, 5.41) is 8.21. The zero-order chi connectivity index (χ0) is 11.3. The molecule has 0 heterocycles. The fourth-order valence-corrected chi connectivity index (χ4v) is 0.888. The summed E-state index contributed by atoms with van der Waals surface area (Å²) in [7, 11) is 0. The van der Waals surface area contributed by atoms with Crippen molar-refractivity contribution >= 4 is 0 Å². The molecule has 1 aromatic rings. The van der Waals surface area contributed by atoms with E-state index in [0.29, 0.717) is 0 Å². The number of rotatable bonds is 3. The van der Waals surface area contributed by atoms with Gasteiger partial charge in [0.2, 0.25) is 0 Å². The quantitative estimate of drug-likeness (QED) is 0.781. The molecule has 1 rings (SSSR count). The lowest BCUT2D eigenvalue weighted by Crippen LogP contribution is -2.17. The van der Waals surface area contributed by atoms with Crippen LogP contribution < -0.4 is 9.47 Å². The molecule has 15 heavy (non-hydrogen) atoms. The molecule has 0 saturated heterocycles. The van der Waals surface area contributed by atoms with Crippen LogP contribution in [0, 0.1) is 11.3 Å². The molecule has 0 unspecified atom stereocenters. The van der Waals surface area contributed by atoms with Gasteiger partial charge < -0.3 is 9.47 Å². The second-order valence-electron chi connectivity index (χ2n) is 2.44. The molecule has 0 atom stereocenters. The monoisotopic (exact) mass is 217 g/mol. The van der Waals surface area contributed by atoms with Gasteiger partial charge in [0.15, 0.2) is 18.1 Å². The van der Waals surface area contributed by atoms with E-state index in [4.69, 9.17) is 10.00 Å². The molecule has 0 aliphatic carbocycles. The van der Waals surface area contributed by atoms with Gasteiger partial charge in [0.1, 0.15) is 6.07 Å². The van der Waals surface area contributed by atoms with Gasteiger partial charge >= 0.3 is 6.36 Å². The molecule has 0 fully saturated rings. The van der Waals surface area contributed by atoms with Gasteiger partial charge in [-0.2, -0.15) is 5.26 Å². The highest BCUT2D eigenvalue weighted by atomic mass is 19.4. The highest BCUT2D eigenvalue weighted by molar-refractivity contribution is 5.39. The lowest BCUT2D eigenvalue weighted by Gasteiger charge is -2.12. The Kier molecular flexibility index (Phi) is 3.39. The number of para-hydroxylation sites is 2. The summed E-state index contributed by atoms with van der Waals surface area (Å²) < 4.78 is 44.1. The van der Waals surface area contributed by atoms with Crippen molar-refractivity contribution in [2.75, 3.05) is 6.61 Å². The molecule has 0 aliphatic heterocycles. The summed E-state index contributed by atoms with van der Waals surface area (Å²) in [5.41, 5.74) is 0. The number of ether oxygens (including phenoxy) is 2. The van der Waals surface area contributed by atoms with E-state index in [-0.39, 0.29) is 12.4 Å². The zero-order valence-corrected chi connectivity index (χ0v) is 7.41. The van der Waals surface area contributed by atoms with Gasteiger partial charge in [-0.25, -0.2) is 0 Å². The maximum absolute atomic E-state index is 11.9. The summed E-state index contributed by atoms with van der Waals surface area (Å²) in [5.74, 6) is -0.573. The molecule has 0 amide bonds. The van der Waals surface area contributed by atoms with Crippen LogP contribution in [0.2, 0.25) is 0 Å². The average molecular weight is 217 g/mol.